The number of hydrogen-bond acceptors (Lipinski definition) is 5. The van der Waals surface area contributed by atoms with Crippen LogP contribution >= 0.6 is 11.6 Å². The molecule has 172 valence electrons. The number of benzene rings is 1. The number of ether oxygens (including phenoxy) is 2. The molecular formula is C25H32ClN3O3. The van der Waals surface area contributed by atoms with E-state index in [-0.39, 0.29) is 18.1 Å². The zero-order valence-corrected chi connectivity index (χ0v) is 19.5. The molecule has 1 fully saturated rings. The number of nitrogens with zero attached hydrogens (tertiary/aromatic N) is 3. The van der Waals surface area contributed by atoms with Crippen molar-refractivity contribution in [2.24, 2.45) is 0 Å². The smallest absolute Gasteiger partial charge is 0.254 e. The van der Waals surface area contributed by atoms with Crippen LogP contribution in [-0.2, 0) is 11.3 Å². The minimum atomic E-state index is 0.0797. The molecule has 0 unspecified atom stereocenters. The monoisotopic (exact) mass is 457 g/mol. The van der Waals surface area contributed by atoms with Gasteiger partial charge in [-0.25, -0.2) is 4.98 Å². The second kappa shape index (κ2) is 11.1. The first-order valence-corrected chi connectivity index (χ1v) is 11.9. The van der Waals surface area contributed by atoms with Gasteiger partial charge in [0.2, 0.25) is 0 Å². The van der Waals surface area contributed by atoms with Gasteiger partial charge in [-0.15, -0.1) is 0 Å². The number of pyridine rings is 1. The van der Waals surface area contributed by atoms with Crippen molar-refractivity contribution in [3.63, 3.8) is 0 Å². The number of rotatable bonds is 3. The van der Waals surface area contributed by atoms with E-state index in [1.165, 1.54) is 0 Å². The summed E-state index contributed by atoms with van der Waals surface area (Å²) in [5, 5.41) is 0.511. The molecule has 0 radical (unpaired) electrons. The third-order valence-electron chi connectivity index (χ3n) is 6.46. The van der Waals surface area contributed by atoms with E-state index in [0.717, 1.165) is 69.6 Å². The molecule has 0 saturated carbocycles. The predicted molar refractivity (Wildman–Crippen MR) is 125 cm³/mol. The lowest BCUT2D eigenvalue weighted by atomic mass is 9.93. The van der Waals surface area contributed by atoms with Crippen LogP contribution < -0.4 is 4.74 Å². The maximum Gasteiger partial charge on any atom is 0.254 e. The topological polar surface area (TPSA) is 54.9 Å². The zero-order chi connectivity index (χ0) is 22.3. The minimum Gasteiger partial charge on any atom is -0.492 e. The molecule has 1 amide bonds. The van der Waals surface area contributed by atoms with Gasteiger partial charge in [-0.3, -0.25) is 9.69 Å². The fraction of sp³-hybridized carbons (Fsp3) is 0.520. The molecule has 2 aliphatic heterocycles. The lowest BCUT2D eigenvalue weighted by Crippen LogP contribution is -2.51. The number of halogens is 1. The fourth-order valence-corrected chi connectivity index (χ4v) is 4.90. The number of carbonyl (C=O) groups is 1. The first-order valence-electron chi connectivity index (χ1n) is 11.5. The fourth-order valence-electron chi connectivity index (χ4n) is 4.78. The highest BCUT2D eigenvalue weighted by atomic mass is 35.5. The second-order valence-electron chi connectivity index (χ2n) is 8.62. The summed E-state index contributed by atoms with van der Waals surface area (Å²) in [6.07, 6.45) is 6.97. The lowest BCUT2D eigenvalue weighted by molar-refractivity contribution is -0.0156. The number of piperidine rings is 1. The van der Waals surface area contributed by atoms with Crippen LogP contribution in [0.5, 0.6) is 5.75 Å². The van der Waals surface area contributed by atoms with Gasteiger partial charge >= 0.3 is 0 Å². The molecule has 2 bridgehead atoms. The molecule has 0 N–H and O–H groups in total. The number of amides is 1. The van der Waals surface area contributed by atoms with Gasteiger partial charge in [-0.05, 0) is 62.1 Å². The Morgan fingerprint density at radius 3 is 2.84 bits per heavy atom. The minimum absolute atomic E-state index is 0.0797. The maximum atomic E-state index is 13.3. The highest BCUT2D eigenvalue weighted by Gasteiger charge is 2.34. The molecule has 1 aromatic heterocycles. The van der Waals surface area contributed by atoms with Crippen LogP contribution in [0, 0.1) is 0 Å². The van der Waals surface area contributed by atoms with Crippen molar-refractivity contribution in [3.8, 4) is 5.75 Å². The Balaban J connectivity index is 1.53. The number of fused-ring (bicyclic) bond motifs is 3. The Labute approximate surface area is 195 Å². The van der Waals surface area contributed by atoms with Crippen LogP contribution in [-0.4, -0.2) is 66.2 Å². The summed E-state index contributed by atoms with van der Waals surface area (Å²) in [6, 6.07) is 11.5. The number of methoxy groups -OCH3 is 1. The molecule has 2 atom stereocenters. The molecule has 1 aromatic carbocycles. The number of carbonyl (C=O) groups excluding carboxylic acids is 1. The van der Waals surface area contributed by atoms with Gasteiger partial charge in [-0.1, -0.05) is 30.2 Å². The summed E-state index contributed by atoms with van der Waals surface area (Å²) in [4.78, 5) is 22.0. The van der Waals surface area contributed by atoms with E-state index in [1.807, 2.05) is 47.5 Å². The number of hydrogen-bond donors (Lipinski definition) is 0. The van der Waals surface area contributed by atoms with E-state index in [4.69, 9.17) is 21.1 Å². The molecule has 3 heterocycles. The molecule has 0 aliphatic carbocycles. The Morgan fingerprint density at radius 1 is 1.12 bits per heavy atom. The molecule has 1 saturated heterocycles. The highest BCUT2D eigenvalue weighted by molar-refractivity contribution is 6.29. The average Bonchev–Trinajstić information content (AvgIpc) is 2.82. The summed E-state index contributed by atoms with van der Waals surface area (Å²) in [5.74, 6) is 0.814. The van der Waals surface area contributed by atoms with Gasteiger partial charge in [0.25, 0.3) is 5.91 Å². The average molecular weight is 458 g/mol. The largest absolute Gasteiger partial charge is 0.492 e. The zero-order valence-electron chi connectivity index (χ0n) is 18.7. The van der Waals surface area contributed by atoms with E-state index in [2.05, 4.69) is 9.88 Å². The van der Waals surface area contributed by atoms with Crippen LogP contribution in [0.15, 0.2) is 42.6 Å². The molecule has 7 heteroatoms. The molecule has 2 aliphatic rings. The van der Waals surface area contributed by atoms with Crippen LogP contribution in [0.4, 0.5) is 0 Å². The summed E-state index contributed by atoms with van der Waals surface area (Å²) >= 11 is 5.94. The molecule has 2 aromatic rings. The molecule has 32 heavy (non-hydrogen) atoms. The summed E-state index contributed by atoms with van der Waals surface area (Å²) in [7, 11) is 1.76. The van der Waals surface area contributed by atoms with Gasteiger partial charge in [0.05, 0.1) is 12.1 Å². The second-order valence-corrected chi connectivity index (χ2v) is 9.01. The summed E-state index contributed by atoms with van der Waals surface area (Å²) < 4.78 is 11.8. The van der Waals surface area contributed by atoms with Crippen molar-refractivity contribution in [3.05, 3.63) is 58.9 Å². The quantitative estimate of drug-likeness (QED) is 0.638. The van der Waals surface area contributed by atoms with Crippen LogP contribution in [0.25, 0.3) is 0 Å². The van der Waals surface area contributed by atoms with Crippen molar-refractivity contribution >= 4 is 17.5 Å². The normalized spacial score (nSPS) is 23.2. The Kier molecular flexibility index (Phi) is 8.00. The first-order chi connectivity index (χ1) is 15.6. The van der Waals surface area contributed by atoms with Crippen molar-refractivity contribution in [2.45, 2.75) is 50.8 Å². The van der Waals surface area contributed by atoms with E-state index < -0.39 is 0 Å². The van der Waals surface area contributed by atoms with Gasteiger partial charge in [0.1, 0.15) is 17.5 Å². The molecule has 4 rings (SSSR count). The van der Waals surface area contributed by atoms with Gasteiger partial charge < -0.3 is 14.4 Å². The van der Waals surface area contributed by atoms with Crippen molar-refractivity contribution in [2.75, 3.05) is 33.4 Å². The van der Waals surface area contributed by atoms with E-state index in [1.54, 1.807) is 7.11 Å². The highest BCUT2D eigenvalue weighted by Crippen LogP contribution is 2.27. The molecular weight excluding hydrogens is 426 g/mol. The van der Waals surface area contributed by atoms with Gasteiger partial charge in [-0.2, -0.15) is 0 Å². The maximum absolute atomic E-state index is 13.3. The van der Waals surface area contributed by atoms with Crippen LogP contribution in [0.3, 0.4) is 0 Å². The van der Waals surface area contributed by atoms with E-state index in [0.29, 0.717) is 17.3 Å². The third-order valence-corrected chi connectivity index (χ3v) is 6.68. The van der Waals surface area contributed by atoms with E-state index in [9.17, 15) is 4.79 Å². The molecule has 0 spiro atoms. The van der Waals surface area contributed by atoms with Crippen LogP contribution in [0.2, 0.25) is 5.15 Å². The first kappa shape index (κ1) is 23.0. The van der Waals surface area contributed by atoms with Crippen molar-refractivity contribution in [1.29, 1.82) is 0 Å². The van der Waals surface area contributed by atoms with Gasteiger partial charge in [0.15, 0.2) is 0 Å². The van der Waals surface area contributed by atoms with Crippen molar-refractivity contribution in [1.82, 2.24) is 14.8 Å². The SMILES string of the molecule is CO[C@H]1CCCN2C(=O)c3cccc(c3)OCCN(Cc3ccc(Cl)nc3)CCCC[C@@H]12. The molecule has 6 nitrogen and oxygen atoms in total. The Hall–Kier alpha value is -2.15. The summed E-state index contributed by atoms with van der Waals surface area (Å²) in [6.45, 7) is 3.92. The third kappa shape index (κ3) is 5.80. The Bertz CT molecular complexity index is 892. The number of aromatic nitrogens is 1. The predicted octanol–water partition coefficient (Wildman–Crippen LogP) is 4.42. The summed E-state index contributed by atoms with van der Waals surface area (Å²) in [5.41, 5.74) is 1.83. The lowest BCUT2D eigenvalue weighted by Gasteiger charge is -2.41. The van der Waals surface area contributed by atoms with Crippen molar-refractivity contribution < 1.29 is 14.3 Å². The van der Waals surface area contributed by atoms with Gasteiger partial charge in [0, 0.05) is 38.5 Å². The van der Waals surface area contributed by atoms with Crippen LogP contribution in [0.1, 0.15) is 48.0 Å². The standard InChI is InChI=1S/C25H32ClN3O3/c1-31-23-9-5-13-29-22(23)8-2-3-12-28(18-19-10-11-24(26)27-17-19)14-15-32-21-7-4-6-20(16-21)25(29)30/h4,6-7,10-11,16-17,22-23H,2-3,5,8-9,12-15,18H2,1H3/t22-,23-/m0/s1. The van der Waals surface area contributed by atoms with E-state index >= 15 is 0 Å². The Morgan fingerprint density at radius 2 is 2.03 bits per heavy atom.